The van der Waals surface area contributed by atoms with Crippen LogP contribution in [-0.2, 0) is 4.79 Å². The summed E-state index contributed by atoms with van der Waals surface area (Å²) in [6.07, 6.45) is 29.6. The number of allylic oxidation sites excluding steroid dienone is 3. The smallest absolute Gasteiger partial charge is 0.220 e. The standard InChI is InChI=1S/C29H55NO3/c1-3-5-7-9-11-13-14-15-17-19-21-23-25-29(33)30-27(26-31)28(32)24-22-20-18-16-12-10-8-6-4-2/h11,13,22,24,27-28,31-32H,3-10,12,14-21,23,25-26H2,1-2H3,(H,30,33)/b13-11-,24-22+. The van der Waals surface area contributed by atoms with Crippen LogP contribution in [0.3, 0.4) is 0 Å². The molecule has 4 nitrogen and oxygen atoms in total. The van der Waals surface area contributed by atoms with E-state index >= 15 is 0 Å². The molecule has 0 fully saturated rings. The first kappa shape index (κ1) is 31.9. The highest BCUT2D eigenvalue weighted by Crippen LogP contribution is 2.10. The minimum Gasteiger partial charge on any atom is -0.394 e. The third-order valence-electron chi connectivity index (χ3n) is 6.18. The van der Waals surface area contributed by atoms with Gasteiger partial charge in [0.15, 0.2) is 0 Å². The Bertz CT molecular complexity index is 475. The number of hydrogen-bond donors (Lipinski definition) is 3. The van der Waals surface area contributed by atoms with Crippen molar-refractivity contribution >= 4 is 5.91 Å². The molecule has 0 rings (SSSR count). The summed E-state index contributed by atoms with van der Waals surface area (Å²) in [7, 11) is 0. The van der Waals surface area contributed by atoms with E-state index in [4.69, 9.17) is 0 Å². The molecule has 0 aromatic heterocycles. The summed E-state index contributed by atoms with van der Waals surface area (Å²) in [4.78, 5) is 12.2. The maximum absolute atomic E-state index is 12.2. The molecule has 0 saturated heterocycles. The highest BCUT2D eigenvalue weighted by molar-refractivity contribution is 5.76. The summed E-state index contributed by atoms with van der Waals surface area (Å²) < 4.78 is 0. The van der Waals surface area contributed by atoms with Gasteiger partial charge in [-0.25, -0.2) is 0 Å². The predicted molar refractivity (Wildman–Crippen MR) is 142 cm³/mol. The Labute approximate surface area is 205 Å². The Morgan fingerprint density at radius 2 is 1.15 bits per heavy atom. The lowest BCUT2D eigenvalue weighted by Gasteiger charge is -2.20. The summed E-state index contributed by atoms with van der Waals surface area (Å²) in [5, 5.41) is 22.6. The van der Waals surface area contributed by atoms with Gasteiger partial charge in [-0.3, -0.25) is 4.79 Å². The van der Waals surface area contributed by atoms with E-state index in [0.29, 0.717) is 6.42 Å². The summed E-state index contributed by atoms with van der Waals surface area (Å²) in [5.74, 6) is -0.0800. The second-order valence-electron chi connectivity index (χ2n) is 9.46. The van der Waals surface area contributed by atoms with Gasteiger partial charge in [0.25, 0.3) is 0 Å². The van der Waals surface area contributed by atoms with Crippen molar-refractivity contribution in [3.8, 4) is 0 Å². The van der Waals surface area contributed by atoms with Crippen LogP contribution in [0.2, 0.25) is 0 Å². The molecule has 0 radical (unpaired) electrons. The number of carbonyl (C=O) groups is 1. The number of amides is 1. The number of aliphatic hydroxyl groups is 2. The fourth-order valence-electron chi connectivity index (χ4n) is 3.93. The Balaban J connectivity index is 3.73. The largest absolute Gasteiger partial charge is 0.394 e. The zero-order valence-corrected chi connectivity index (χ0v) is 21.9. The van der Waals surface area contributed by atoms with E-state index in [1.807, 2.05) is 6.08 Å². The minimum absolute atomic E-state index is 0.0800. The van der Waals surface area contributed by atoms with Crippen molar-refractivity contribution in [2.75, 3.05) is 6.61 Å². The SMILES string of the molecule is CCCCC/C=C\CCCCCCCC(=O)NC(CO)C(O)/C=C/CCCCCCCCC. The van der Waals surface area contributed by atoms with Gasteiger partial charge in [-0.15, -0.1) is 0 Å². The molecular weight excluding hydrogens is 410 g/mol. The first-order chi connectivity index (χ1) is 16.2. The lowest BCUT2D eigenvalue weighted by Crippen LogP contribution is -2.45. The van der Waals surface area contributed by atoms with Gasteiger partial charge in [0, 0.05) is 6.42 Å². The van der Waals surface area contributed by atoms with Crippen LogP contribution >= 0.6 is 0 Å². The molecule has 3 N–H and O–H groups in total. The first-order valence-corrected chi connectivity index (χ1v) is 14.1. The second-order valence-corrected chi connectivity index (χ2v) is 9.46. The Morgan fingerprint density at radius 3 is 1.73 bits per heavy atom. The van der Waals surface area contributed by atoms with E-state index in [1.54, 1.807) is 6.08 Å². The summed E-state index contributed by atoms with van der Waals surface area (Å²) >= 11 is 0. The molecule has 0 aliphatic carbocycles. The average Bonchev–Trinajstić information content (AvgIpc) is 2.82. The number of aliphatic hydroxyl groups excluding tert-OH is 2. The maximum Gasteiger partial charge on any atom is 0.220 e. The van der Waals surface area contributed by atoms with Crippen molar-refractivity contribution in [3.05, 3.63) is 24.3 Å². The monoisotopic (exact) mass is 465 g/mol. The molecule has 4 heteroatoms. The maximum atomic E-state index is 12.2. The highest BCUT2D eigenvalue weighted by atomic mass is 16.3. The number of unbranched alkanes of at least 4 members (excludes halogenated alkanes) is 15. The predicted octanol–water partition coefficient (Wildman–Crippen LogP) is 7.39. The molecule has 1 amide bonds. The van der Waals surface area contributed by atoms with Crippen LogP contribution in [0.25, 0.3) is 0 Å². The molecule has 0 aromatic rings. The highest BCUT2D eigenvalue weighted by Gasteiger charge is 2.17. The third kappa shape index (κ3) is 22.4. The molecule has 0 bridgehead atoms. The molecule has 0 aliphatic rings. The van der Waals surface area contributed by atoms with Crippen molar-refractivity contribution in [1.29, 1.82) is 0 Å². The summed E-state index contributed by atoms with van der Waals surface area (Å²) in [6, 6.07) is -0.619. The summed E-state index contributed by atoms with van der Waals surface area (Å²) in [5.41, 5.74) is 0. The van der Waals surface area contributed by atoms with Gasteiger partial charge in [-0.05, 0) is 44.9 Å². The lowest BCUT2D eigenvalue weighted by atomic mass is 10.1. The molecule has 0 aromatic carbocycles. The van der Waals surface area contributed by atoms with E-state index in [0.717, 1.165) is 38.5 Å². The van der Waals surface area contributed by atoms with Crippen LogP contribution in [0.1, 0.15) is 136 Å². The van der Waals surface area contributed by atoms with Gasteiger partial charge in [-0.1, -0.05) is 109 Å². The summed E-state index contributed by atoms with van der Waals surface area (Å²) in [6.45, 7) is 4.22. The average molecular weight is 466 g/mol. The Kier molecular flexibility index (Phi) is 24.6. The van der Waals surface area contributed by atoms with E-state index in [9.17, 15) is 15.0 Å². The molecule has 194 valence electrons. The molecule has 0 heterocycles. The molecule has 33 heavy (non-hydrogen) atoms. The van der Waals surface area contributed by atoms with Crippen LogP contribution in [0.5, 0.6) is 0 Å². The second kappa shape index (κ2) is 25.5. The fraction of sp³-hybridized carbons (Fsp3) is 0.828. The zero-order valence-electron chi connectivity index (χ0n) is 21.9. The first-order valence-electron chi connectivity index (χ1n) is 14.1. The van der Waals surface area contributed by atoms with Crippen LogP contribution < -0.4 is 5.32 Å². The van der Waals surface area contributed by atoms with Crippen molar-refractivity contribution in [1.82, 2.24) is 5.32 Å². The molecular formula is C29H55NO3. The zero-order chi connectivity index (χ0) is 24.4. The van der Waals surface area contributed by atoms with Gasteiger partial charge < -0.3 is 15.5 Å². The van der Waals surface area contributed by atoms with Crippen LogP contribution in [0.15, 0.2) is 24.3 Å². The van der Waals surface area contributed by atoms with Crippen molar-refractivity contribution in [2.45, 2.75) is 148 Å². The van der Waals surface area contributed by atoms with E-state index in [1.165, 1.54) is 77.0 Å². The van der Waals surface area contributed by atoms with Gasteiger partial charge in [0.1, 0.15) is 0 Å². The molecule has 0 spiro atoms. The van der Waals surface area contributed by atoms with Gasteiger partial charge in [-0.2, -0.15) is 0 Å². The van der Waals surface area contributed by atoms with Gasteiger partial charge >= 0.3 is 0 Å². The number of nitrogens with one attached hydrogen (secondary N) is 1. The normalized spacial score (nSPS) is 13.7. The van der Waals surface area contributed by atoms with Gasteiger partial charge in [0.2, 0.25) is 5.91 Å². The topological polar surface area (TPSA) is 69.6 Å². The van der Waals surface area contributed by atoms with Gasteiger partial charge in [0.05, 0.1) is 18.8 Å². The molecule has 2 atom stereocenters. The van der Waals surface area contributed by atoms with Crippen molar-refractivity contribution < 1.29 is 15.0 Å². The minimum atomic E-state index is -0.835. The molecule has 0 aliphatic heterocycles. The lowest BCUT2D eigenvalue weighted by molar-refractivity contribution is -0.123. The number of rotatable bonds is 24. The number of carbonyl (C=O) groups excluding carboxylic acids is 1. The van der Waals surface area contributed by atoms with Crippen molar-refractivity contribution in [2.24, 2.45) is 0 Å². The Hall–Kier alpha value is -1.13. The van der Waals surface area contributed by atoms with Crippen LogP contribution in [-0.4, -0.2) is 34.9 Å². The van der Waals surface area contributed by atoms with Crippen LogP contribution in [0.4, 0.5) is 0 Å². The van der Waals surface area contributed by atoms with E-state index < -0.39 is 12.1 Å². The molecule has 0 saturated carbocycles. The van der Waals surface area contributed by atoms with E-state index in [-0.39, 0.29) is 12.5 Å². The van der Waals surface area contributed by atoms with E-state index in [2.05, 4.69) is 31.3 Å². The fourth-order valence-corrected chi connectivity index (χ4v) is 3.93. The number of hydrogen-bond acceptors (Lipinski definition) is 3. The quantitative estimate of drug-likeness (QED) is 0.103. The third-order valence-corrected chi connectivity index (χ3v) is 6.18. The van der Waals surface area contributed by atoms with Crippen LogP contribution in [0, 0.1) is 0 Å². The van der Waals surface area contributed by atoms with Crippen molar-refractivity contribution in [3.63, 3.8) is 0 Å². The molecule has 2 unspecified atom stereocenters. The Morgan fingerprint density at radius 1 is 0.697 bits per heavy atom.